The lowest BCUT2D eigenvalue weighted by Gasteiger charge is -2.31. The molecule has 69 heavy (non-hydrogen) atoms. The third kappa shape index (κ3) is 56.8. The maximum atomic E-state index is 12.4. The molecule has 418 valence electrons. The molecule has 0 aliphatic rings. The molecular weight excluding hydrogens is 861 g/mol. The van der Waals surface area contributed by atoms with Crippen LogP contribution in [-0.4, -0.2) is 71.6 Å². The highest BCUT2D eigenvalue weighted by atomic mass is 32.2. The van der Waals surface area contributed by atoms with Crippen molar-refractivity contribution in [3.63, 3.8) is 0 Å². The number of thioether (sulfide) groups is 1. The number of Topliss-reactive ketones (excluding diaryl/α,β-unsaturated/α-hetero) is 2. The largest absolute Gasteiger partial charge is 0.298 e. The van der Waals surface area contributed by atoms with Gasteiger partial charge in [-0.15, -0.1) is 0 Å². The van der Waals surface area contributed by atoms with Crippen LogP contribution in [0, 0.1) is 5.92 Å². The van der Waals surface area contributed by atoms with Gasteiger partial charge in [0.15, 0.2) is 0 Å². The zero-order valence-corrected chi connectivity index (χ0v) is 49.9. The highest BCUT2D eigenvalue weighted by Gasteiger charge is 2.24. The molecule has 0 aromatic carbocycles. The van der Waals surface area contributed by atoms with Crippen molar-refractivity contribution in [3.8, 4) is 0 Å². The number of unbranched alkanes of at least 4 members (excludes halogenated alkanes) is 36. The summed E-state index contributed by atoms with van der Waals surface area (Å²) in [5.41, 5.74) is 0. The van der Waals surface area contributed by atoms with Gasteiger partial charge in [0, 0.05) is 0 Å². The van der Waals surface area contributed by atoms with Crippen LogP contribution in [0.15, 0.2) is 0 Å². The van der Waals surface area contributed by atoms with E-state index in [1.807, 2.05) is 39.5 Å². The van der Waals surface area contributed by atoms with Gasteiger partial charge in [-0.3, -0.25) is 19.4 Å². The average molecular weight is 996 g/mol. The molecule has 0 amide bonds. The molecule has 0 N–H and O–H groups in total. The molecule has 0 aliphatic heterocycles. The molecule has 2 unspecified atom stereocenters. The molecule has 0 saturated carbocycles. The highest BCUT2D eigenvalue weighted by Crippen LogP contribution is 2.20. The Morgan fingerprint density at radius 2 is 0.565 bits per heavy atom. The second kappa shape index (κ2) is 63.7. The van der Waals surface area contributed by atoms with E-state index in [2.05, 4.69) is 57.6 Å². The monoisotopic (exact) mass is 995 g/mol. The fourth-order valence-corrected chi connectivity index (χ4v) is 10.4. The van der Waals surface area contributed by atoms with Gasteiger partial charge >= 0.3 is 0 Å². The summed E-state index contributed by atoms with van der Waals surface area (Å²) in [4.78, 5) is 30.0. The van der Waals surface area contributed by atoms with Gasteiger partial charge in [-0.05, 0) is 96.5 Å². The Hall–Kier alpha value is -0.390. The molecule has 0 spiro atoms. The zero-order chi connectivity index (χ0) is 51.0. The van der Waals surface area contributed by atoms with Crippen molar-refractivity contribution in [2.45, 2.75) is 358 Å². The normalized spacial score (nSPS) is 12.1. The number of hydrogen-bond donors (Lipinski definition) is 0. The molecule has 0 heterocycles. The molecular formula is C64H134N2O2S. The SMILES string of the molecule is C.CC.CCCCCCCCCCCCN(CCCCCCCCCCCC)C(CC(C)C)C(C)=O.CCCCCCCCCCCCN(CCCCCCCCCCCC)C(CCSC)C(C)=O. The fraction of sp³-hybridized carbons (Fsp3) is 0.969. The number of ketones is 2. The topological polar surface area (TPSA) is 40.6 Å². The Bertz CT molecular complexity index is 910. The van der Waals surface area contributed by atoms with Crippen LogP contribution in [0.2, 0.25) is 0 Å². The quantitative estimate of drug-likeness (QED) is 0.0568. The summed E-state index contributed by atoms with van der Waals surface area (Å²) in [5, 5.41) is 0. The Balaban J connectivity index is -0.000000583. The van der Waals surface area contributed by atoms with E-state index in [0.717, 1.165) is 44.8 Å². The average Bonchev–Trinajstić information content (AvgIpc) is 3.33. The van der Waals surface area contributed by atoms with Crippen molar-refractivity contribution >= 4 is 23.3 Å². The molecule has 5 heteroatoms. The van der Waals surface area contributed by atoms with Gasteiger partial charge in [0.1, 0.15) is 11.6 Å². The van der Waals surface area contributed by atoms with Crippen LogP contribution in [0.3, 0.4) is 0 Å². The van der Waals surface area contributed by atoms with E-state index in [4.69, 9.17) is 0 Å². The molecule has 0 radical (unpaired) electrons. The minimum absolute atomic E-state index is 0. The van der Waals surface area contributed by atoms with Gasteiger partial charge < -0.3 is 0 Å². The number of hydrogen-bond acceptors (Lipinski definition) is 5. The Morgan fingerprint density at radius 1 is 0.362 bits per heavy atom. The summed E-state index contributed by atoms with van der Waals surface area (Å²) in [7, 11) is 0. The maximum Gasteiger partial charge on any atom is 0.146 e. The number of carbonyl (C=O) groups is 2. The summed E-state index contributed by atoms with van der Waals surface area (Å²) in [5.74, 6) is 2.43. The third-order valence-electron chi connectivity index (χ3n) is 14.3. The highest BCUT2D eigenvalue weighted by molar-refractivity contribution is 7.98. The molecule has 0 saturated heterocycles. The first-order chi connectivity index (χ1) is 33.2. The van der Waals surface area contributed by atoms with Crippen LogP contribution in [0.1, 0.15) is 346 Å². The van der Waals surface area contributed by atoms with Crippen LogP contribution >= 0.6 is 11.8 Å². The first-order valence-corrected chi connectivity index (χ1v) is 32.6. The third-order valence-corrected chi connectivity index (χ3v) is 14.9. The summed E-state index contributed by atoms with van der Waals surface area (Å²) < 4.78 is 0. The first-order valence-electron chi connectivity index (χ1n) is 31.2. The fourth-order valence-electron chi connectivity index (χ4n) is 9.95. The van der Waals surface area contributed by atoms with Crippen LogP contribution in [0.25, 0.3) is 0 Å². The summed E-state index contributed by atoms with van der Waals surface area (Å²) >= 11 is 1.87. The Labute approximate surface area is 443 Å². The zero-order valence-electron chi connectivity index (χ0n) is 49.1. The van der Waals surface area contributed by atoms with Crippen LogP contribution < -0.4 is 0 Å². The van der Waals surface area contributed by atoms with Crippen molar-refractivity contribution in [1.29, 1.82) is 0 Å². The number of carbonyl (C=O) groups excluding carboxylic acids is 2. The van der Waals surface area contributed by atoms with Crippen LogP contribution in [0.4, 0.5) is 0 Å². The van der Waals surface area contributed by atoms with E-state index in [9.17, 15) is 9.59 Å². The molecule has 0 bridgehead atoms. The summed E-state index contributed by atoms with van der Waals surface area (Å²) in [6.45, 7) is 25.8. The molecule has 0 aliphatic carbocycles. The van der Waals surface area contributed by atoms with Crippen molar-refractivity contribution in [3.05, 3.63) is 0 Å². The second-order valence-electron chi connectivity index (χ2n) is 21.5. The van der Waals surface area contributed by atoms with Crippen molar-refractivity contribution in [2.75, 3.05) is 38.2 Å². The molecule has 0 rings (SSSR count). The predicted octanol–water partition coefficient (Wildman–Crippen LogP) is 21.6. The lowest BCUT2D eigenvalue weighted by molar-refractivity contribution is -0.123. The molecule has 0 aromatic heterocycles. The van der Waals surface area contributed by atoms with Crippen molar-refractivity contribution in [2.24, 2.45) is 5.92 Å². The van der Waals surface area contributed by atoms with Crippen LogP contribution in [-0.2, 0) is 9.59 Å². The summed E-state index contributed by atoms with van der Waals surface area (Å²) in [6.07, 6.45) is 59.3. The smallest absolute Gasteiger partial charge is 0.146 e. The maximum absolute atomic E-state index is 12.4. The van der Waals surface area contributed by atoms with Gasteiger partial charge in [-0.25, -0.2) is 0 Å². The minimum Gasteiger partial charge on any atom is -0.298 e. The first kappa shape index (κ1) is 75.1. The minimum atomic E-state index is 0. The summed E-state index contributed by atoms with van der Waals surface area (Å²) in [6, 6.07) is 0.289. The van der Waals surface area contributed by atoms with E-state index in [-0.39, 0.29) is 19.5 Å². The second-order valence-corrected chi connectivity index (χ2v) is 22.4. The Kier molecular flexibility index (Phi) is 69.4. The number of rotatable bonds is 53. The Morgan fingerprint density at radius 3 is 0.754 bits per heavy atom. The molecule has 0 aromatic rings. The van der Waals surface area contributed by atoms with E-state index >= 15 is 0 Å². The van der Waals surface area contributed by atoms with E-state index in [0.29, 0.717) is 17.5 Å². The van der Waals surface area contributed by atoms with Gasteiger partial charge in [-0.2, -0.15) is 11.8 Å². The van der Waals surface area contributed by atoms with Crippen molar-refractivity contribution < 1.29 is 9.59 Å². The van der Waals surface area contributed by atoms with Gasteiger partial charge in [0.05, 0.1) is 12.1 Å². The van der Waals surface area contributed by atoms with Gasteiger partial charge in [0.25, 0.3) is 0 Å². The predicted molar refractivity (Wildman–Crippen MR) is 320 cm³/mol. The van der Waals surface area contributed by atoms with E-state index < -0.39 is 0 Å². The number of nitrogens with zero attached hydrogens (tertiary/aromatic N) is 2. The van der Waals surface area contributed by atoms with Gasteiger partial charge in [-0.1, -0.05) is 294 Å². The van der Waals surface area contributed by atoms with E-state index in [1.165, 1.54) is 257 Å². The van der Waals surface area contributed by atoms with Crippen molar-refractivity contribution in [1.82, 2.24) is 9.80 Å². The lowest BCUT2D eigenvalue weighted by atomic mass is 9.98. The van der Waals surface area contributed by atoms with E-state index in [1.54, 1.807) is 0 Å². The standard InChI is InChI=1S/C31H63NO.C30H61NOS.C2H6.CH4/c1-6-8-10-12-14-16-18-20-22-24-26-32(31(30(5)33)28-29(3)4)27-25-23-21-19-17-15-13-11-9-7-2;1-5-7-9-11-13-15-17-19-21-23-26-31(30(29(3)32)25-28-33-4)27-24-22-20-18-16-14-12-10-8-6-2;1-2;/h29,31H,6-28H2,1-5H3;30H,5-28H2,1-4H3;1-2H3;1H4. The van der Waals surface area contributed by atoms with Gasteiger partial charge in [0.2, 0.25) is 0 Å². The lowest BCUT2D eigenvalue weighted by Crippen LogP contribution is -2.42. The molecule has 0 fully saturated rings. The molecule has 2 atom stereocenters. The molecule has 4 nitrogen and oxygen atoms in total. The van der Waals surface area contributed by atoms with Crippen LogP contribution in [0.5, 0.6) is 0 Å².